The molecule has 0 aromatic rings. The van der Waals surface area contributed by atoms with Crippen LogP contribution in [0.15, 0.2) is 12.7 Å². The molecule has 0 radical (unpaired) electrons. The molecule has 0 atom stereocenters. The fourth-order valence-electron chi connectivity index (χ4n) is 1.27. The molecule has 0 spiro atoms. The van der Waals surface area contributed by atoms with Crippen LogP contribution in [-0.4, -0.2) is 31.1 Å². The minimum absolute atomic E-state index is 0.814. The second-order valence-electron chi connectivity index (χ2n) is 3.09. The van der Waals surface area contributed by atoms with Gasteiger partial charge in [-0.05, 0) is 38.9 Å². The van der Waals surface area contributed by atoms with Gasteiger partial charge in [0.25, 0.3) is 0 Å². The number of rotatable bonds is 8. The molecule has 2 heteroatoms. The normalized spacial score (nSPS) is 10.6. The minimum atomic E-state index is 0.814. The van der Waals surface area contributed by atoms with Gasteiger partial charge >= 0.3 is 0 Å². The van der Waals surface area contributed by atoms with E-state index >= 15 is 0 Å². The highest BCUT2D eigenvalue weighted by molar-refractivity contribution is 4.72. The molecule has 12 heavy (non-hydrogen) atoms. The lowest BCUT2D eigenvalue weighted by Gasteiger charge is -2.19. The summed E-state index contributed by atoms with van der Waals surface area (Å²) in [5, 5.41) is 0. The first-order chi connectivity index (χ1) is 5.85. The number of nitrogens with zero attached hydrogens (tertiary/aromatic N) is 1. The maximum Gasteiger partial charge on any atom is 0.0160 e. The minimum Gasteiger partial charge on any atom is -0.330 e. The van der Waals surface area contributed by atoms with Crippen LogP contribution in [0.4, 0.5) is 0 Å². The van der Waals surface area contributed by atoms with E-state index in [0.717, 1.165) is 26.1 Å². The molecule has 2 N–H and O–H groups in total. The average molecular weight is 170 g/mol. The molecule has 0 aromatic heterocycles. The van der Waals surface area contributed by atoms with Gasteiger partial charge in [0.15, 0.2) is 0 Å². The van der Waals surface area contributed by atoms with Crippen molar-refractivity contribution in [2.75, 3.05) is 26.2 Å². The van der Waals surface area contributed by atoms with E-state index in [-0.39, 0.29) is 0 Å². The van der Waals surface area contributed by atoms with Crippen LogP contribution in [0, 0.1) is 0 Å². The monoisotopic (exact) mass is 170 g/mol. The van der Waals surface area contributed by atoms with Gasteiger partial charge in [-0.3, -0.25) is 4.90 Å². The van der Waals surface area contributed by atoms with Crippen molar-refractivity contribution >= 4 is 0 Å². The number of unbranched alkanes of at least 4 members (excludes halogenated alkanes) is 1. The molecule has 0 saturated carbocycles. The standard InChI is InChI=1S/C10H22N2/c1-3-8-12(9-4-2)10-6-5-7-11/h3H,1,4-11H2,2H3. The lowest BCUT2D eigenvalue weighted by Crippen LogP contribution is -2.26. The molecule has 0 aromatic carbocycles. The molecule has 0 amide bonds. The van der Waals surface area contributed by atoms with E-state index in [0.29, 0.717) is 0 Å². The first-order valence-corrected chi connectivity index (χ1v) is 4.88. The largest absolute Gasteiger partial charge is 0.330 e. The third-order valence-electron chi connectivity index (χ3n) is 1.86. The van der Waals surface area contributed by atoms with Crippen LogP contribution >= 0.6 is 0 Å². The van der Waals surface area contributed by atoms with E-state index in [9.17, 15) is 0 Å². The summed E-state index contributed by atoms with van der Waals surface area (Å²) >= 11 is 0. The number of hydrogen-bond acceptors (Lipinski definition) is 2. The first kappa shape index (κ1) is 11.7. The van der Waals surface area contributed by atoms with Crippen molar-refractivity contribution in [1.82, 2.24) is 4.90 Å². The van der Waals surface area contributed by atoms with E-state index in [2.05, 4.69) is 18.4 Å². The molecule has 72 valence electrons. The highest BCUT2D eigenvalue weighted by atomic mass is 15.1. The van der Waals surface area contributed by atoms with Gasteiger partial charge in [0.1, 0.15) is 0 Å². The van der Waals surface area contributed by atoms with Gasteiger partial charge in [0.05, 0.1) is 0 Å². The number of nitrogens with two attached hydrogens (primary N) is 1. The summed E-state index contributed by atoms with van der Waals surface area (Å²) in [5.74, 6) is 0. The van der Waals surface area contributed by atoms with Crippen molar-refractivity contribution in [3.05, 3.63) is 12.7 Å². The molecule has 0 saturated heterocycles. The summed E-state index contributed by atoms with van der Waals surface area (Å²) in [7, 11) is 0. The molecule has 0 fully saturated rings. The topological polar surface area (TPSA) is 29.3 Å². The van der Waals surface area contributed by atoms with Crippen LogP contribution < -0.4 is 5.73 Å². The highest BCUT2D eigenvalue weighted by Gasteiger charge is 1.99. The van der Waals surface area contributed by atoms with Crippen molar-refractivity contribution in [2.24, 2.45) is 5.73 Å². The molecule has 0 bridgehead atoms. The highest BCUT2D eigenvalue weighted by Crippen LogP contribution is 1.96. The van der Waals surface area contributed by atoms with Crippen molar-refractivity contribution < 1.29 is 0 Å². The molecule has 0 heterocycles. The molecule has 0 unspecified atom stereocenters. The van der Waals surface area contributed by atoms with E-state index in [1.54, 1.807) is 0 Å². The van der Waals surface area contributed by atoms with Gasteiger partial charge in [-0.15, -0.1) is 6.58 Å². The Kier molecular flexibility index (Phi) is 8.51. The Hall–Kier alpha value is -0.340. The third kappa shape index (κ3) is 6.38. The third-order valence-corrected chi connectivity index (χ3v) is 1.86. The fourth-order valence-corrected chi connectivity index (χ4v) is 1.27. The predicted molar refractivity (Wildman–Crippen MR) is 55.2 cm³/mol. The summed E-state index contributed by atoms with van der Waals surface area (Å²) < 4.78 is 0. The summed E-state index contributed by atoms with van der Waals surface area (Å²) in [6.45, 7) is 10.1. The molecule has 0 aliphatic rings. The Balaban J connectivity index is 3.40. The van der Waals surface area contributed by atoms with Gasteiger partial charge in [0.2, 0.25) is 0 Å². The lowest BCUT2D eigenvalue weighted by molar-refractivity contribution is 0.297. The average Bonchev–Trinajstić information content (AvgIpc) is 2.06. The number of hydrogen-bond donors (Lipinski definition) is 1. The van der Waals surface area contributed by atoms with E-state index in [1.165, 1.54) is 19.4 Å². The Labute approximate surface area is 76.4 Å². The molecular formula is C10H22N2. The van der Waals surface area contributed by atoms with Crippen molar-refractivity contribution in [3.8, 4) is 0 Å². The maximum atomic E-state index is 5.42. The van der Waals surface area contributed by atoms with Crippen LogP contribution in [0.25, 0.3) is 0 Å². The lowest BCUT2D eigenvalue weighted by atomic mass is 10.3. The molecule has 0 rings (SSSR count). The van der Waals surface area contributed by atoms with Crippen LogP contribution in [0.1, 0.15) is 26.2 Å². The summed E-state index contributed by atoms with van der Waals surface area (Å²) in [6.07, 6.45) is 5.54. The second kappa shape index (κ2) is 8.75. The molecule has 0 aliphatic heterocycles. The zero-order chi connectivity index (χ0) is 9.23. The van der Waals surface area contributed by atoms with Crippen LogP contribution in [0.5, 0.6) is 0 Å². The first-order valence-electron chi connectivity index (χ1n) is 4.88. The van der Waals surface area contributed by atoms with Gasteiger partial charge in [-0.25, -0.2) is 0 Å². The Morgan fingerprint density at radius 1 is 1.33 bits per heavy atom. The SMILES string of the molecule is C=CCN(CCC)CCCCN. The van der Waals surface area contributed by atoms with Crippen molar-refractivity contribution in [1.29, 1.82) is 0 Å². The molecule has 2 nitrogen and oxygen atoms in total. The second-order valence-corrected chi connectivity index (χ2v) is 3.09. The Bertz CT molecular complexity index is 102. The maximum absolute atomic E-state index is 5.42. The van der Waals surface area contributed by atoms with Gasteiger partial charge in [-0.1, -0.05) is 13.0 Å². The zero-order valence-corrected chi connectivity index (χ0v) is 8.26. The van der Waals surface area contributed by atoms with Crippen LogP contribution in [0.3, 0.4) is 0 Å². The molecular weight excluding hydrogens is 148 g/mol. The summed E-state index contributed by atoms with van der Waals surface area (Å²) in [5.41, 5.74) is 5.42. The Morgan fingerprint density at radius 2 is 2.08 bits per heavy atom. The van der Waals surface area contributed by atoms with Crippen molar-refractivity contribution in [2.45, 2.75) is 26.2 Å². The van der Waals surface area contributed by atoms with E-state index in [1.807, 2.05) is 6.08 Å². The summed E-state index contributed by atoms with van der Waals surface area (Å²) in [4.78, 5) is 2.42. The van der Waals surface area contributed by atoms with Gasteiger partial charge in [-0.2, -0.15) is 0 Å². The van der Waals surface area contributed by atoms with E-state index < -0.39 is 0 Å². The zero-order valence-electron chi connectivity index (χ0n) is 8.26. The van der Waals surface area contributed by atoms with Crippen LogP contribution in [0.2, 0.25) is 0 Å². The van der Waals surface area contributed by atoms with Crippen LogP contribution in [-0.2, 0) is 0 Å². The van der Waals surface area contributed by atoms with Crippen molar-refractivity contribution in [3.63, 3.8) is 0 Å². The Morgan fingerprint density at radius 3 is 2.58 bits per heavy atom. The molecule has 0 aliphatic carbocycles. The summed E-state index contributed by atoms with van der Waals surface area (Å²) in [6, 6.07) is 0. The van der Waals surface area contributed by atoms with Gasteiger partial charge in [0, 0.05) is 6.54 Å². The fraction of sp³-hybridized carbons (Fsp3) is 0.800. The van der Waals surface area contributed by atoms with Gasteiger partial charge < -0.3 is 5.73 Å². The smallest absolute Gasteiger partial charge is 0.0160 e. The quantitative estimate of drug-likeness (QED) is 0.443. The van der Waals surface area contributed by atoms with E-state index in [4.69, 9.17) is 5.73 Å². The predicted octanol–water partition coefficient (Wildman–Crippen LogP) is 1.62.